The molecule has 2 aromatic carbocycles. The van der Waals surface area contributed by atoms with Gasteiger partial charge in [0.25, 0.3) is 0 Å². The Bertz CT molecular complexity index is 1090. The standard InChI is InChI=1S/C27H30N2O5/c1-27(25(31)32)13-6-14-29(27)24(30)17-11-12-18(15-17)28-26(33)34-16-23-21-9-4-2-7-19(21)20-8-3-5-10-22(20)23/h2-5,7-10,17-18,23H,6,11-16H2,1H3,(H,28,33)(H,31,32)/t17-,18+,27?/m1/s1. The number of carbonyl (C=O) groups is 3. The predicted octanol–water partition coefficient (Wildman–Crippen LogP) is 4.16. The molecule has 34 heavy (non-hydrogen) atoms. The Labute approximate surface area is 199 Å². The molecular formula is C27H30N2O5. The summed E-state index contributed by atoms with van der Waals surface area (Å²) >= 11 is 0. The number of benzene rings is 2. The summed E-state index contributed by atoms with van der Waals surface area (Å²) in [5, 5.41) is 12.5. The first-order valence-electron chi connectivity index (χ1n) is 12.0. The summed E-state index contributed by atoms with van der Waals surface area (Å²) in [4.78, 5) is 38.9. The molecule has 2 aromatic rings. The maximum absolute atomic E-state index is 13.1. The Morgan fingerprint density at radius 3 is 2.35 bits per heavy atom. The molecule has 2 fully saturated rings. The zero-order chi connectivity index (χ0) is 23.9. The number of nitrogens with zero attached hydrogens (tertiary/aromatic N) is 1. The molecule has 1 saturated heterocycles. The normalized spacial score (nSPS) is 25.6. The van der Waals surface area contributed by atoms with E-state index in [1.54, 1.807) is 6.92 Å². The van der Waals surface area contributed by atoms with Crippen LogP contribution in [0.3, 0.4) is 0 Å². The van der Waals surface area contributed by atoms with Gasteiger partial charge in [-0.2, -0.15) is 0 Å². The second kappa shape index (κ2) is 8.78. The number of hydrogen-bond acceptors (Lipinski definition) is 4. The lowest BCUT2D eigenvalue weighted by Gasteiger charge is -2.33. The van der Waals surface area contributed by atoms with Crippen molar-refractivity contribution >= 4 is 18.0 Å². The Morgan fingerprint density at radius 2 is 1.71 bits per heavy atom. The van der Waals surface area contributed by atoms with Crippen LogP contribution in [0, 0.1) is 5.92 Å². The number of rotatable bonds is 5. The quantitative estimate of drug-likeness (QED) is 0.696. The molecule has 5 rings (SSSR count). The van der Waals surface area contributed by atoms with E-state index in [1.807, 2.05) is 24.3 Å². The van der Waals surface area contributed by atoms with Crippen molar-refractivity contribution in [1.29, 1.82) is 0 Å². The predicted molar refractivity (Wildman–Crippen MR) is 126 cm³/mol. The molecule has 1 unspecified atom stereocenters. The minimum Gasteiger partial charge on any atom is -0.480 e. The largest absolute Gasteiger partial charge is 0.480 e. The van der Waals surface area contributed by atoms with Gasteiger partial charge >= 0.3 is 12.1 Å². The third-order valence-electron chi connectivity index (χ3n) is 7.82. The van der Waals surface area contributed by atoms with Crippen molar-refractivity contribution in [2.75, 3.05) is 13.2 Å². The lowest BCUT2D eigenvalue weighted by atomic mass is 9.97. The maximum atomic E-state index is 13.1. The highest BCUT2D eigenvalue weighted by molar-refractivity contribution is 5.88. The van der Waals surface area contributed by atoms with Crippen LogP contribution in [0.15, 0.2) is 48.5 Å². The average molecular weight is 463 g/mol. The molecule has 7 nitrogen and oxygen atoms in total. The van der Waals surface area contributed by atoms with Gasteiger partial charge in [-0.05, 0) is 61.3 Å². The number of nitrogens with one attached hydrogen (secondary N) is 1. The van der Waals surface area contributed by atoms with Gasteiger partial charge in [-0.25, -0.2) is 9.59 Å². The lowest BCUT2D eigenvalue weighted by Crippen LogP contribution is -2.52. The second-order valence-electron chi connectivity index (χ2n) is 9.85. The number of amides is 2. The van der Waals surface area contributed by atoms with Crippen LogP contribution in [-0.2, 0) is 14.3 Å². The van der Waals surface area contributed by atoms with E-state index in [0.29, 0.717) is 38.6 Å². The summed E-state index contributed by atoms with van der Waals surface area (Å²) in [6, 6.07) is 16.2. The molecule has 7 heteroatoms. The molecule has 2 aliphatic carbocycles. The van der Waals surface area contributed by atoms with Crippen LogP contribution in [0.5, 0.6) is 0 Å². The molecule has 1 saturated carbocycles. The number of ether oxygens (including phenoxy) is 1. The summed E-state index contributed by atoms with van der Waals surface area (Å²) < 4.78 is 5.64. The number of aliphatic carboxylic acids is 1. The van der Waals surface area contributed by atoms with E-state index in [0.717, 1.165) is 11.1 Å². The van der Waals surface area contributed by atoms with Crippen molar-refractivity contribution in [2.45, 2.75) is 56.5 Å². The van der Waals surface area contributed by atoms with Gasteiger partial charge in [-0.3, -0.25) is 4.79 Å². The first kappa shape index (κ1) is 22.4. The number of hydrogen-bond donors (Lipinski definition) is 2. The van der Waals surface area contributed by atoms with E-state index in [9.17, 15) is 19.5 Å². The summed E-state index contributed by atoms with van der Waals surface area (Å²) in [5.41, 5.74) is 3.55. The Morgan fingerprint density at radius 1 is 1.06 bits per heavy atom. The van der Waals surface area contributed by atoms with Crippen molar-refractivity contribution in [3.63, 3.8) is 0 Å². The summed E-state index contributed by atoms with van der Waals surface area (Å²) in [7, 11) is 0. The van der Waals surface area contributed by atoms with E-state index in [1.165, 1.54) is 16.0 Å². The number of fused-ring (bicyclic) bond motifs is 3. The van der Waals surface area contributed by atoms with Crippen LogP contribution in [0.4, 0.5) is 4.79 Å². The molecule has 0 radical (unpaired) electrons. The Hall–Kier alpha value is -3.35. The van der Waals surface area contributed by atoms with Gasteiger partial charge in [-0.1, -0.05) is 48.5 Å². The number of carboxylic acids is 1. The van der Waals surface area contributed by atoms with Crippen molar-refractivity contribution in [2.24, 2.45) is 5.92 Å². The molecule has 1 heterocycles. The average Bonchev–Trinajstić information content (AvgIpc) is 3.54. The third kappa shape index (κ3) is 3.83. The highest BCUT2D eigenvalue weighted by Gasteiger charge is 2.48. The lowest BCUT2D eigenvalue weighted by molar-refractivity contribution is -0.156. The summed E-state index contributed by atoms with van der Waals surface area (Å²) in [6.45, 7) is 2.35. The molecule has 0 spiro atoms. The first-order valence-corrected chi connectivity index (χ1v) is 12.0. The van der Waals surface area contributed by atoms with Crippen LogP contribution in [-0.4, -0.2) is 52.7 Å². The fraction of sp³-hybridized carbons (Fsp3) is 0.444. The van der Waals surface area contributed by atoms with Crippen LogP contribution >= 0.6 is 0 Å². The number of alkyl carbamates (subject to hydrolysis) is 1. The SMILES string of the molecule is CC1(C(=O)O)CCCN1C(=O)[C@@H]1CC[C@H](NC(=O)OCC2c3ccccc3-c3ccccc32)C1. The molecular weight excluding hydrogens is 432 g/mol. The third-order valence-corrected chi connectivity index (χ3v) is 7.82. The summed E-state index contributed by atoms with van der Waals surface area (Å²) in [6.07, 6.45) is 2.52. The van der Waals surface area contributed by atoms with Gasteiger partial charge in [0, 0.05) is 24.4 Å². The number of carboxylic acid groups (broad SMARTS) is 1. The van der Waals surface area contributed by atoms with Gasteiger partial charge in [-0.15, -0.1) is 0 Å². The Balaban J connectivity index is 1.17. The number of likely N-dealkylation sites (tertiary alicyclic amines) is 1. The first-order chi connectivity index (χ1) is 16.4. The Kier molecular flexibility index (Phi) is 5.80. The van der Waals surface area contributed by atoms with Gasteiger partial charge in [0.2, 0.25) is 5.91 Å². The molecule has 2 amide bonds. The maximum Gasteiger partial charge on any atom is 0.407 e. The van der Waals surface area contributed by atoms with Crippen molar-refractivity contribution in [3.05, 3.63) is 59.7 Å². The minimum atomic E-state index is -1.13. The van der Waals surface area contributed by atoms with E-state index < -0.39 is 17.6 Å². The second-order valence-corrected chi connectivity index (χ2v) is 9.85. The minimum absolute atomic E-state index is 0.0000770. The van der Waals surface area contributed by atoms with Crippen LogP contribution < -0.4 is 5.32 Å². The molecule has 3 atom stereocenters. The van der Waals surface area contributed by atoms with E-state index >= 15 is 0 Å². The monoisotopic (exact) mass is 462 g/mol. The van der Waals surface area contributed by atoms with Crippen LogP contribution in [0.1, 0.15) is 56.1 Å². The highest BCUT2D eigenvalue weighted by Crippen LogP contribution is 2.44. The van der Waals surface area contributed by atoms with E-state index in [-0.39, 0.29) is 30.4 Å². The summed E-state index contributed by atoms with van der Waals surface area (Å²) in [5.74, 6) is -1.33. The zero-order valence-corrected chi connectivity index (χ0v) is 19.3. The van der Waals surface area contributed by atoms with Crippen molar-refractivity contribution in [3.8, 4) is 11.1 Å². The topological polar surface area (TPSA) is 95.9 Å². The zero-order valence-electron chi connectivity index (χ0n) is 19.3. The van der Waals surface area contributed by atoms with Crippen molar-refractivity contribution < 1.29 is 24.2 Å². The van der Waals surface area contributed by atoms with Crippen LogP contribution in [0.25, 0.3) is 11.1 Å². The van der Waals surface area contributed by atoms with Gasteiger partial charge < -0.3 is 20.1 Å². The fourth-order valence-electron chi connectivity index (χ4n) is 5.90. The molecule has 0 bridgehead atoms. The molecule has 1 aliphatic heterocycles. The van der Waals surface area contributed by atoms with Crippen molar-refractivity contribution in [1.82, 2.24) is 10.2 Å². The van der Waals surface area contributed by atoms with Gasteiger partial charge in [0.05, 0.1) is 0 Å². The molecule has 2 N–H and O–H groups in total. The molecule has 0 aromatic heterocycles. The van der Waals surface area contributed by atoms with Gasteiger partial charge in [0.1, 0.15) is 12.1 Å². The fourth-order valence-corrected chi connectivity index (χ4v) is 5.90. The van der Waals surface area contributed by atoms with E-state index in [2.05, 4.69) is 29.6 Å². The smallest absolute Gasteiger partial charge is 0.407 e. The van der Waals surface area contributed by atoms with Gasteiger partial charge in [0.15, 0.2) is 0 Å². The molecule has 178 valence electrons. The van der Waals surface area contributed by atoms with Crippen LogP contribution in [0.2, 0.25) is 0 Å². The van der Waals surface area contributed by atoms with E-state index in [4.69, 9.17) is 4.74 Å². The number of carbonyl (C=O) groups excluding carboxylic acids is 2. The highest BCUT2D eigenvalue weighted by atomic mass is 16.5. The molecule has 3 aliphatic rings.